The maximum atomic E-state index is 12.8. The molecule has 162 valence electrons. The number of amides is 2. The Labute approximate surface area is 178 Å². The smallest absolute Gasteiger partial charge is 0.263 e. The number of nitrogens with one attached hydrogen (secondary N) is 1. The average Bonchev–Trinajstić information content (AvgIpc) is 3.31. The highest BCUT2D eigenvalue weighted by Gasteiger charge is 2.31. The van der Waals surface area contributed by atoms with Gasteiger partial charge in [-0.05, 0) is 30.2 Å². The summed E-state index contributed by atoms with van der Waals surface area (Å²) in [6.45, 7) is 9.96. The number of hydrogen-bond donors (Lipinski definition) is 1. The minimum absolute atomic E-state index is 0.00873. The fourth-order valence-corrected chi connectivity index (χ4v) is 5.28. The summed E-state index contributed by atoms with van der Waals surface area (Å²) in [4.78, 5) is 30.5. The zero-order valence-corrected chi connectivity index (χ0v) is 18.6. The van der Waals surface area contributed by atoms with Gasteiger partial charge in [0.15, 0.2) is 0 Å². The van der Waals surface area contributed by atoms with E-state index in [4.69, 9.17) is 4.74 Å². The first-order chi connectivity index (χ1) is 14.1. The second-order valence-electron chi connectivity index (χ2n) is 8.08. The Morgan fingerprint density at radius 2 is 1.86 bits per heavy atom. The Balaban J connectivity index is 1.49. The van der Waals surface area contributed by atoms with E-state index in [-0.39, 0.29) is 17.7 Å². The zero-order chi connectivity index (χ0) is 20.6. The average molecular weight is 422 g/mol. The third-order valence-corrected chi connectivity index (χ3v) is 7.34. The van der Waals surface area contributed by atoms with Gasteiger partial charge in [0.05, 0.1) is 18.1 Å². The molecule has 7 heteroatoms. The first kappa shape index (κ1) is 22.2. The maximum Gasteiger partial charge on any atom is 0.263 e. The van der Waals surface area contributed by atoms with Gasteiger partial charge in [-0.1, -0.05) is 32.8 Å². The third kappa shape index (κ3) is 5.80. The number of thiophene rings is 1. The predicted octanol–water partition coefficient (Wildman–Crippen LogP) is 2.85. The third-order valence-electron chi connectivity index (χ3n) is 6.48. The van der Waals surface area contributed by atoms with E-state index >= 15 is 0 Å². The van der Waals surface area contributed by atoms with Crippen molar-refractivity contribution in [1.29, 1.82) is 0 Å². The minimum atomic E-state index is 0.00873. The highest BCUT2D eigenvalue weighted by atomic mass is 32.1. The van der Waals surface area contributed by atoms with Crippen molar-refractivity contribution in [2.45, 2.75) is 45.6 Å². The number of rotatable bonds is 8. The molecule has 1 aromatic heterocycles. The van der Waals surface area contributed by atoms with Gasteiger partial charge in [0.25, 0.3) is 5.91 Å². The van der Waals surface area contributed by atoms with Gasteiger partial charge in [-0.15, -0.1) is 11.3 Å². The lowest BCUT2D eigenvalue weighted by molar-refractivity contribution is -0.126. The van der Waals surface area contributed by atoms with Crippen molar-refractivity contribution in [3.8, 4) is 0 Å². The van der Waals surface area contributed by atoms with Gasteiger partial charge in [0.2, 0.25) is 5.91 Å². The molecule has 29 heavy (non-hydrogen) atoms. The summed E-state index contributed by atoms with van der Waals surface area (Å²) in [6, 6.07) is 4.15. The summed E-state index contributed by atoms with van der Waals surface area (Å²) in [5.41, 5.74) is 0. The fourth-order valence-electron chi connectivity index (χ4n) is 4.59. The Hall–Kier alpha value is -1.44. The van der Waals surface area contributed by atoms with Gasteiger partial charge in [-0.2, -0.15) is 0 Å². The molecule has 0 spiro atoms. The second kappa shape index (κ2) is 11.1. The molecule has 2 aliphatic heterocycles. The molecule has 0 radical (unpaired) electrons. The summed E-state index contributed by atoms with van der Waals surface area (Å²) < 4.78 is 5.51. The van der Waals surface area contributed by atoms with Crippen molar-refractivity contribution in [2.75, 3.05) is 45.9 Å². The Morgan fingerprint density at radius 3 is 2.45 bits per heavy atom. The molecule has 6 nitrogen and oxygen atoms in total. The monoisotopic (exact) mass is 421 g/mol. The van der Waals surface area contributed by atoms with E-state index in [1.807, 2.05) is 22.4 Å². The van der Waals surface area contributed by atoms with Gasteiger partial charge in [-0.3, -0.25) is 14.5 Å². The second-order valence-corrected chi connectivity index (χ2v) is 9.03. The molecule has 0 aliphatic carbocycles. The van der Waals surface area contributed by atoms with E-state index in [1.54, 1.807) is 0 Å². The number of morpholine rings is 1. The molecule has 1 aromatic rings. The van der Waals surface area contributed by atoms with Crippen LogP contribution < -0.4 is 5.32 Å². The Kier molecular flexibility index (Phi) is 8.51. The van der Waals surface area contributed by atoms with Gasteiger partial charge < -0.3 is 15.0 Å². The first-order valence-electron chi connectivity index (χ1n) is 11.1. The topological polar surface area (TPSA) is 61.9 Å². The van der Waals surface area contributed by atoms with Crippen molar-refractivity contribution >= 4 is 23.2 Å². The van der Waals surface area contributed by atoms with E-state index in [9.17, 15) is 9.59 Å². The van der Waals surface area contributed by atoms with Crippen molar-refractivity contribution in [1.82, 2.24) is 15.1 Å². The minimum Gasteiger partial charge on any atom is -0.379 e. The number of nitrogens with zero attached hydrogens (tertiary/aromatic N) is 2. The van der Waals surface area contributed by atoms with Crippen molar-refractivity contribution in [3.63, 3.8) is 0 Å². The number of ether oxygens (including phenoxy) is 1. The summed E-state index contributed by atoms with van der Waals surface area (Å²) in [5.74, 6) is 0.838. The van der Waals surface area contributed by atoms with Gasteiger partial charge in [0, 0.05) is 44.7 Å². The highest BCUT2D eigenvalue weighted by Crippen LogP contribution is 2.22. The molecule has 1 atom stereocenters. The highest BCUT2D eigenvalue weighted by molar-refractivity contribution is 7.12. The lowest BCUT2D eigenvalue weighted by Gasteiger charge is -2.39. The molecule has 1 N–H and O–H groups in total. The lowest BCUT2D eigenvalue weighted by atomic mass is 9.91. The van der Waals surface area contributed by atoms with Crippen LogP contribution in [0.5, 0.6) is 0 Å². The molecule has 3 rings (SSSR count). The van der Waals surface area contributed by atoms with E-state index in [0.29, 0.717) is 31.6 Å². The van der Waals surface area contributed by atoms with Gasteiger partial charge in [-0.25, -0.2) is 0 Å². The first-order valence-corrected chi connectivity index (χ1v) is 11.9. The van der Waals surface area contributed by atoms with Gasteiger partial charge in [0.1, 0.15) is 0 Å². The van der Waals surface area contributed by atoms with E-state index in [0.717, 1.165) is 56.9 Å². The standard InChI is InChI=1S/C22H35N3O3S/c1-3-17(4-2)19(24-11-13-28-14-12-24)16-23-21(26)18-7-9-25(10-8-18)22(27)20-6-5-15-29-20/h5-6,15,17-19H,3-4,7-14,16H2,1-2H3,(H,23,26). The molecule has 2 aliphatic rings. The molecular weight excluding hydrogens is 386 g/mol. The number of hydrogen-bond acceptors (Lipinski definition) is 5. The van der Waals surface area contributed by atoms with E-state index in [1.165, 1.54) is 11.3 Å². The van der Waals surface area contributed by atoms with Crippen LogP contribution in [0.4, 0.5) is 0 Å². The van der Waals surface area contributed by atoms with Crippen LogP contribution in [0.3, 0.4) is 0 Å². The van der Waals surface area contributed by atoms with Crippen molar-refractivity contribution in [2.24, 2.45) is 11.8 Å². The van der Waals surface area contributed by atoms with Crippen LogP contribution in [0.15, 0.2) is 17.5 Å². The zero-order valence-electron chi connectivity index (χ0n) is 17.8. The van der Waals surface area contributed by atoms with Gasteiger partial charge >= 0.3 is 0 Å². The predicted molar refractivity (Wildman–Crippen MR) is 116 cm³/mol. The molecule has 0 aromatic carbocycles. The van der Waals surface area contributed by atoms with Crippen LogP contribution in [0.1, 0.15) is 49.2 Å². The summed E-state index contributed by atoms with van der Waals surface area (Å²) in [6.07, 6.45) is 3.74. The summed E-state index contributed by atoms with van der Waals surface area (Å²) in [7, 11) is 0. The molecule has 0 saturated carbocycles. The summed E-state index contributed by atoms with van der Waals surface area (Å²) >= 11 is 1.48. The van der Waals surface area contributed by atoms with Crippen LogP contribution in [0.25, 0.3) is 0 Å². The normalized spacial score (nSPS) is 20.0. The number of carbonyl (C=O) groups excluding carboxylic acids is 2. The fraction of sp³-hybridized carbons (Fsp3) is 0.727. The lowest BCUT2D eigenvalue weighted by Crippen LogP contribution is -2.53. The molecular formula is C22H35N3O3S. The molecule has 2 fully saturated rings. The Bertz CT molecular complexity index is 634. The van der Waals surface area contributed by atoms with Crippen LogP contribution in [0, 0.1) is 11.8 Å². The van der Waals surface area contributed by atoms with Crippen LogP contribution in [0.2, 0.25) is 0 Å². The van der Waals surface area contributed by atoms with Crippen LogP contribution >= 0.6 is 11.3 Å². The molecule has 0 bridgehead atoms. The molecule has 3 heterocycles. The largest absolute Gasteiger partial charge is 0.379 e. The SMILES string of the molecule is CCC(CC)C(CNC(=O)C1CCN(C(=O)c2cccs2)CC1)N1CCOCC1. The van der Waals surface area contributed by atoms with Crippen LogP contribution in [-0.2, 0) is 9.53 Å². The van der Waals surface area contributed by atoms with Crippen molar-refractivity contribution < 1.29 is 14.3 Å². The molecule has 2 saturated heterocycles. The number of piperidine rings is 1. The Morgan fingerprint density at radius 1 is 1.17 bits per heavy atom. The van der Waals surface area contributed by atoms with Crippen LogP contribution in [-0.4, -0.2) is 73.6 Å². The number of carbonyl (C=O) groups is 2. The van der Waals surface area contributed by atoms with E-state index < -0.39 is 0 Å². The molecule has 1 unspecified atom stereocenters. The summed E-state index contributed by atoms with van der Waals surface area (Å²) in [5, 5.41) is 5.18. The van der Waals surface area contributed by atoms with E-state index in [2.05, 4.69) is 24.1 Å². The molecule has 2 amide bonds. The number of likely N-dealkylation sites (tertiary alicyclic amines) is 1. The maximum absolute atomic E-state index is 12.8. The van der Waals surface area contributed by atoms with Crippen molar-refractivity contribution in [3.05, 3.63) is 22.4 Å². The quantitative estimate of drug-likeness (QED) is 0.701.